The number of nitrogens with zero attached hydrogens (tertiary/aromatic N) is 2. The predicted octanol–water partition coefficient (Wildman–Crippen LogP) is 1.42. The van der Waals surface area contributed by atoms with E-state index >= 15 is 0 Å². The molecule has 2 rings (SSSR count). The van der Waals surface area contributed by atoms with Crippen LogP contribution in [0.5, 0.6) is 0 Å². The fourth-order valence-electron chi connectivity index (χ4n) is 2.25. The number of imide groups is 1. The quantitative estimate of drug-likeness (QED) is 0.727. The molecule has 2 N–H and O–H groups in total. The van der Waals surface area contributed by atoms with Crippen molar-refractivity contribution >= 4 is 12.1 Å². The second-order valence-corrected chi connectivity index (χ2v) is 4.23. The summed E-state index contributed by atoms with van der Waals surface area (Å²) in [4.78, 5) is 26.1. The fraction of sp³-hybridized carbons (Fsp3) is 0.455. The monoisotopic (exact) mass is 221 g/mol. The largest absolute Gasteiger partial charge is 0.351 e. The van der Waals surface area contributed by atoms with Crippen LogP contribution in [0.2, 0.25) is 0 Å². The number of hydrogen-bond donors (Lipinski definition) is 1. The Labute approximate surface area is 94.2 Å². The van der Waals surface area contributed by atoms with Crippen LogP contribution < -0.4 is 5.73 Å². The highest BCUT2D eigenvalue weighted by molar-refractivity contribution is 5.98. The van der Waals surface area contributed by atoms with Gasteiger partial charge < -0.3 is 10.6 Å². The lowest BCUT2D eigenvalue weighted by Gasteiger charge is -2.26. The average Bonchev–Trinajstić information content (AvgIpc) is 2.49. The van der Waals surface area contributed by atoms with E-state index in [1.54, 1.807) is 11.0 Å². The second kappa shape index (κ2) is 3.66. The molecule has 1 aliphatic heterocycles. The summed E-state index contributed by atoms with van der Waals surface area (Å²) in [5.41, 5.74) is 5.92. The Morgan fingerprint density at radius 3 is 2.81 bits per heavy atom. The fourth-order valence-corrected chi connectivity index (χ4v) is 2.25. The standard InChI is InChI=1S/C11H15N3O2/c1-7(2)13-8-5-3-4-6-9(8)14(10(12)15)11(13)16/h3-4,6-8H,5H2,1-2H3,(H2,12,15). The number of carbonyl (C=O) groups excluding carboxylic acids is 2. The number of primary amides is 1. The first-order valence-electron chi connectivity index (χ1n) is 5.32. The van der Waals surface area contributed by atoms with Crippen molar-refractivity contribution in [2.24, 2.45) is 5.73 Å². The summed E-state index contributed by atoms with van der Waals surface area (Å²) in [5.74, 6) is 0. The van der Waals surface area contributed by atoms with Crippen molar-refractivity contribution in [2.45, 2.75) is 32.4 Å². The minimum absolute atomic E-state index is 0.0509. The van der Waals surface area contributed by atoms with Gasteiger partial charge in [0.2, 0.25) is 0 Å². The highest BCUT2D eigenvalue weighted by atomic mass is 16.2. The van der Waals surface area contributed by atoms with Crippen molar-refractivity contribution in [1.82, 2.24) is 9.80 Å². The van der Waals surface area contributed by atoms with Crippen LogP contribution in [0.15, 0.2) is 23.9 Å². The first kappa shape index (κ1) is 10.7. The first-order valence-corrected chi connectivity index (χ1v) is 5.32. The molecule has 1 unspecified atom stereocenters. The van der Waals surface area contributed by atoms with Gasteiger partial charge in [-0.25, -0.2) is 14.5 Å². The van der Waals surface area contributed by atoms with Gasteiger partial charge in [0.25, 0.3) is 0 Å². The summed E-state index contributed by atoms with van der Waals surface area (Å²) in [7, 11) is 0. The maximum Gasteiger partial charge on any atom is 0.333 e. The normalized spacial score (nSPS) is 23.8. The van der Waals surface area contributed by atoms with Crippen molar-refractivity contribution in [3.8, 4) is 0 Å². The lowest BCUT2D eigenvalue weighted by molar-refractivity contribution is 0.174. The average molecular weight is 221 g/mol. The molecule has 0 aromatic rings. The Morgan fingerprint density at radius 2 is 2.25 bits per heavy atom. The lowest BCUT2D eigenvalue weighted by atomic mass is 10.0. The number of carbonyl (C=O) groups is 2. The number of amides is 4. The van der Waals surface area contributed by atoms with Gasteiger partial charge >= 0.3 is 12.1 Å². The molecule has 5 heteroatoms. The van der Waals surface area contributed by atoms with E-state index in [-0.39, 0.29) is 18.1 Å². The molecule has 0 radical (unpaired) electrons. The number of rotatable bonds is 1. The molecule has 0 bridgehead atoms. The third kappa shape index (κ3) is 1.39. The van der Waals surface area contributed by atoms with E-state index < -0.39 is 6.03 Å². The van der Waals surface area contributed by atoms with E-state index in [1.165, 1.54) is 0 Å². The maximum absolute atomic E-state index is 12.0. The minimum atomic E-state index is -0.709. The summed E-state index contributed by atoms with van der Waals surface area (Å²) < 4.78 is 0. The Morgan fingerprint density at radius 1 is 1.56 bits per heavy atom. The van der Waals surface area contributed by atoms with E-state index in [1.807, 2.05) is 26.0 Å². The van der Waals surface area contributed by atoms with Crippen molar-refractivity contribution < 1.29 is 9.59 Å². The molecule has 0 aromatic heterocycles. The number of urea groups is 2. The molecule has 5 nitrogen and oxygen atoms in total. The van der Waals surface area contributed by atoms with Crippen LogP contribution in [0.4, 0.5) is 9.59 Å². The lowest BCUT2D eigenvalue weighted by Crippen LogP contribution is -2.42. The Balaban J connectivity index is 2.42. The van der Waals surface area contributed by atoms with E-state index in [0.717, 1.165) is 11.3 Å². The molecule has 4 amide bonds. The Kier molecular flexibility index (Phi) is 2.46. The molecule has 1 fully saturated rings. The third-order valence-corrected chi connectivity index (χ3v) is 2.89. The van der Waals surface area contributed by atoms with Crippen LogP contribution in [0.3, 0.4) is 0 Å². The van der Waals surface area contributed by atoms with Crippen LogP contribution in [0, 0.1) is 0 Å². The van der Waals surface area contributed by atoms with Crippen LogP contribution in [-0.2, 0) is 0 Å². The van der Waals surface area contributed by atoms with Gasteiger partial charge in [0.1, 0.15) is 0 Å². The topological polar surface area (TPSA) is 66.6 Å². The highest BCUT2D eigenvalue weighted by Gasteiger charge is 2.45. The molecule has 0 aromatic carbocycles. The number of fused-ring (bicyclic) bond motifs is 1. The molecule has 1 saturated heterocycles. The molecule has 2 aliphatic rings. The Hall–Kier alpha value is -1.78. The zero-order chi connectivity index (χ0) is 11.9. The van der Waals surface area contributed by atoms with Crippen molar-refractivity contribution in [3.63, 3.8) is 0 Å². The highest BCUT2D eigenvalue weighted by Crippen LogP contribution is 2.32. The van der Waals surface area contributed by atoms with E-state index in [9.17, 15) is 9.59 Å². The molecule has 1 atom stereocenters. The molecular weight excluding hydrogens is 206 g/mol. The van der Waals surface area contributed by atoms with E-state index in [2.05, 4.69) is 0 Å². The summed E-state index contributed by atoms with van der Waals surface area (Å²) in [6.07, 6.45) is 6.35. The smallest absolute Gasteiger partial charge is 0.333 e. The molecule has 1 heterocycles. The van der Waals surface area contributed by atoms with Gasteiger partial charge in [-0.05, 0) is 26.3 Å². The van der Waals surface area contributed by atoms with Crippen LogP contribution >= 0.6 is 0 Å². The van der Waals surface area contributed by atoms with Crippen LogP contribution in [0.1, 0.15) is 20.3 Å². The first-order chi connectivity index (χ1) is 7.54. The summed E-state index contributed by atoms with van der Waals surface area (Å²) in [5, 5.41) is 0. The summed E-state index contributed by atoms with van der Waals surface area (Å²) >= 11 is 0. The molecule has 0 spiro atoms. The van der Waals surface area contributed by atoms with Gasteiger partial charge in [0, 0.05) is 6.04 Å². The predicted molar refractivity (Wildman–Crippen MR) is 59.4 cm³/mol. The van der Waals surface area contributed by atoms with Crippen molar-refractivity contribution in [2.75, 3.05) is 0 Å². The van der Waals surface area contributed by atoms with Gasteiger partial charge in [-0.15, -0.1) is 0 Å². The Bertz CT molecular complexity index is 398. The second-order valence-electron chi connectivity index (χ2n) is 4.23. The zero-order valence-electron chi connectivity index (χ0n) is 9.38. The van der Waals surface area contributed by atoms with Crippen LogP contribution in [-0.4, -0.2) is 33.9 Å². The molecule has 86 valence electrons. The minimum Gasteiger partial charge on any atom is -0.351 e. The SMILES string of the molecule is CC(C)N1C(=O)N(C(N)=O)C2=CC=CCC21. The van der Waals surface area contributed by atoms with Gasteiger partial charge in [-0.3, -0.25) is 0 Å². The maximum atomic E-state index is 12.0. The third-order valence-electron chi connectivity index (χ3n) is 2.89. The van der Waals surface area contributed by atoms with E-state index in [4.69, 9.17) is 5.73 Å². The van der Waals surface area contributed by atoms with Crippen molar-refractivity contribution in [1.29, 1.82) is 0 Å². The summed E-state index contributed by atoms with van der Waals surface area (Å²) in [6.45, 7) is 3.86. The molecule has 16 heavy (non-hydrogen) atoms. The van der Waals surface area contributed by atoms with Gasteiger partial charge in [0.05, 0.1) is 11.7 Å². The number of allylic oxidation sites excluding steroid dienone is 2. The van der Waals surface area contributed by atoms with Crippen molar-refractivity contribution in [3.05, 3.63) is 23.9 Å². The van der Waals surface area contributed by atoms with E-state index in [0.29, 0.717) is 5.70 Å². The van der Waals surface area contributed by atoms with Crippen LogP contribution in [0.25, 0.3) is 0 Å². The van der Waals surface area contributed by atoms with Gasteiger partial charge in [-0.1, -0.05) is 12.2 Å². The van der Waals surface area contributed by atoms with Gasteiger partial charge in [-0.2, -0.15) is 0 Å². The molecular formula is C11H15N3O2. The molecule has 0 saturated carbocycles. The summed E-state index contributed by atoms with van der Waals surface area (Å²) in [6, 6.07) is -1.02. The number of nitrogens with two attached hydrogens (primary N) is 1. The zero-order valence-corrected chi connectivity index (χ0v) is 9.38. The van der Waals surface area contributed by atoms with Gasteiger partial charge in [0.15, 0.2) is 0 Å². The number of hydrogen-bond acceptors (Lipinski definition) is 2. The molecule has 1 aliphatic carbocycles.